The molecule has 2 aromatic heterocycles. The Bertz CT molecular complexity index is 1520. The molecule has 2 aromatic carbocycles. The van der Waals surface area contributed by atoms with Gasteiger partial charge in [0.05, 0.1) is 42.5 Å². The molecular formula is C29H29FN6O. The van der Waals surface area contributed by atoms with Gasteiger partial charge in [-0.1, -0.05) is 12.1 Å². The van der Waals surface area contributed by atoms with Crippen LogP contribution < -0.4 is 9.64 Å². The summed E-state index contributed by atoms with van der Waals surface area (Å²) < 4.78 is 22.8. The Hall–Kier alpha value is -3.96. The number of aromatic nitrogens is 3. The molecule has 0 saturated carbocycles. The minimum Gasteiger partial charge on any atom is -0.490 e. The van der Waals surface area contributed by atoms with Gasteiger partial charge in [-0.05, 0) is 68.7 Å². The number of likely N-dealkylation sites (N-methyl/N-ethyl adjacent to an activating group) is 1. The maximum atomic E-state index is 14.8. The third-order valence-corrected chi connectivity index (χ3v) is 7.65. The second-order valence-corrected chi connectivity index (χ2v) is 10.1. The van der Waals surface area contributed by atoms with Crippen molar-refractivity contribution >= 4 is 22.4 Å². The lowest BCUT2D eigenvalue weighted by Gasteiger charge is -2.29. The number of likely N-dealkylation sites (tertiary alicyclic amines) is 1. The van der Waals surface area contributed by atoms with Crippen molar-refractivity contribution in [2.75, 3.05) is 45.2 Å². The van der Waals surface area contributed by atoms with Crippen LogP contribution >= 0.6 is 0 Å². The van der Waals surface area contributed by atoms with Crippen LogP contribution in [0.15, 0.2) is 48.9 Å². The van der Waals surface area contributed by atoms with Gasteiger partial charge in [0, 0.05) is 24.7 Å². The quantitative estimate of drug-likeness (QED) is 0.343. The second-order valence-electron chi connectivity index (χ2n) is 10.1. The third-order valence-electron chi connectivity index (χ3n) is 7.65. The topological polar surface area (TPSA) is 50.8 Å². The molecule has 37 heavy (non-hydrogen) atoms. The third kappa shape index (κ3) is 4.30. The average molecular weight is 497 g/mol. The normalized spacial score (nSPS) is 16.4. The first-order valence-corrected chi connectivity index (χ1v) is 12.7. The Morgan fingerprint density at radius 1 is 1.05 bits per heavy atom. The van der Waals surface area contributed by atoms with Crippen LogP contribution in [0.25, 0.3) is 38.3 Å². The van der Waals surface area contributed by atoms with E-state index in [4.69, 9.17) is 21.3 Å². The molecule has 0 radical (unpaired) electrons. The molecule has 7 nitrogen and oxygen atoms in total. The number of anilines is 1. The smallest absolute Gasteiger partial charge is 0.222 e. The molecule has 0 atom stereocenters. The van der Waals surface area contributed by atoms with Gasteiger partial charge < -0.3 is 19.1 Å². The molecule has 8 heteroatoms. The van der Waals surface area contributed by atoms with E-state index in [1.54, 1.807) is 6.07 Å². The number of imidazole rings is 1. The van der Waals surface area contributed by atoms with Crippen molar-refractivity contribution < 1.29 is 9.13 Å². The number of fused-ring (bicyclic) bond motifs is 2. The van der Waals surface area contributed by atoms with Crippen LogP contribution in [0.2, 0.25) is 0 Å². The fraction of sp³-hybridized carbons (Fsp3) is 0.345. The van der Waals surface area contributed by atoms with E-state index in [-0.39, 0.29) is 5.69 Å². The molecule has 0 unspecified atom stereocenters. The maximum absolute atomic E-state index is 14.8. The van der Waals surface area contributed by atoms with E-state index in [1.165, 1.54) is 12.1 Å². The fourth-order valence-electron chi connectivity index (χ4n) is 5.43. The largest absolute Gasteiger partial charge is 0.490 e. The summed E-state index contributed by atoms with van der Waals surface area (Å²) in [6.07, 6.45) is 6.08. The van der Waals surface area contributed by atoms with Crippen molar-refractivity contribution in [1.82, 2.24) is 19.4 Å². The molecule has 0 amide bonds. The van der Waals surface area contributed by atoms with E-state index in [0.29, 0.717) is 18.1 Å². The number of ether oxygens (including phenoxy) is 1. The Labute approximate surface area is 215 Å². The summed E-state index contributed by atoms with van der Waals surface area (Å²) in [5, 5.41) is 0. The number of hydrogen-bond acceptors (Lipinski definition) is 5. The highest BCUT2D eigenvalue weighted by Gasteiger charge is 2.23. The van der Waals surface area contributed by atoms with Gasteiger partial charge in [0.2, 0.25) is 5.69 Å². The van der Waals surface area contributed by atoms with Crippen molar-refractivity contribution in [2.24, 2.45) is 5.92 Å². The zero-order chi connectivity index (χ0) is 25.5. The molecule has 0 aliphatic carbocycles. The Morgan fingerprint density at radius 3 is 2.65 bits per heavy atom. The number of hydrogen-bond donors (Lipinski definition) is 0. The van der Waals surface area contributed by atoms with Gasteiger partial charge in [-0.3, -0.25) is 4.98 Å². The molecule has 1 saturated heterocycles. The highest BCUT2D eigenvalue weighted by atomic mass is 19.1. The van der Waals surface area contributed by atoms with Gasteiger partial charge in [0.15, 0.2) is 0 Å². The van der Waals surface area contributed by atoms with Crippen LogP contribution in [-0.2, 0) is 6.54 Å². The first kappa shape index (κ1) is 23.4. The first-order valence-electron chi connectivity index (χ1n) is 12.7. The van der Waals surface area contributed by atoms with Gasteiger partial charge in [0.25, 0.3) is 0 Å². The monoisotopic (exact) mass is 496 g/mol. The summed E-state index contributed by atoms with van der Waals surface area (Å²) in [7, 11) is 4.22. The van der Waals surface area contributed by atoms with Crippen molar-refractivity contribution in [2.45, 2.75) is 19.4 Å². The number of nitrogens with zero attached hydrogens (tertiary/aromatic N) is 6. The van der Waals surface area contributed by atoms with E-state index in [2.05, 4.69) is 32.3 Å². The van der Waals surface area contributed by atoms with Gasteiger partial charge in [0.1, 0.15) is 23.7 Å². The van der Waals surface area contributed by atoms with E-state index >= 15 is 0 Å². The molecular weight excluding hydrogens is 467 g/mol. The molecule has 0 spiro atoms. The van der Waals surface area contributed by atoms with Crippen LogP contribution in [0.5, 0.6) is 5.75 Å². The number of pyridine rings is 1. The number of piperidine rings is 1. The van der Waals surface area contributed by atoms with E-state index in [0.717, 1.165) is 78.3 Å². The summed E-state index contributed by atoms with van der Waals surface area (Å²) in [6.45, 7) is 11.8. The summed E-state index contributed by atoms with van der Waals surface area (Å²) in [6, 6.07) is 10.8. The van der Waals surface area contributed by atoms with E-state index in [9.17, 15) is 4.39 Å². The van der Waals surface area contributed by atoms with Crippen molar-refractivity contribution in [3.05, 3.63) is 66.2 Å². The van der Waals surface area contributed by atoms with Crippen LogP contribution in [0.3, 0.4) is 0 Å². The Kier molecular flexibility index (Phi) is 6.01. The Morgan fingerprint density at radius 2 is 1.86 bits per heavy atom. The SMILES string of the molecule is [C-]#[N+]c1ccc(-c2c(-c3ccc4c(c3)N(C)CCO4)ncc3c2ncn3CC2CCN(C)CC2)cc1F. The molecule has 4 heterocycles. The molecule has 4 aromatic rings. The van der Waals surface area contributed by atoms with Crippen molar-refractivity contribution in [3.8, 4) is 28.1 Å². The molecule has 0 bridgehead atoms. The summed E-state index contributed by atoms with van der Waals surface area (Å²) in [4.78, 5) is 17.6. The molecule has 2 aliphatic rings. The Balaban J connectivity index is 1.49. The van der Waals surface area contributed by atoms with Crippen molar-refractivity contribution in [3.63, 3.8) is 0 Å². The second kappa shape index (κ2) is 9.49. The minimum absolute atomic E-state index is 0.00536. The summed E-state index contributed by atoms with van der Waals surface area (Å²) in [5.74, 6) is 0.887. The highest BCUT2D eigenvalue weighted by molar-refractivity contribution is 5.99. The van der Waals surface area contributed by atoms with Crippen LogP contribution in [0.1, 0.15) is 12.8 Å². The number of halogens is 1. The zero-order valence-electron chi connectivity index (χ0n) is 21.1. The molecule has 1 fully saturated rings. The fourth-order valence-corrected chi connectivity index (χ4v) is 5.43. The standard InChI is InChI=1S/C29H29FN6O/c1-31-23-6-4-20(14-22(23)30)27-28(21-5-7-26-24(15-21)35(3)12-13-37-26)32-16-25-29(27)33-18-36(25)17-19-8-10-34(2)11-9-19/h4-7,14-16,18-19H,8-13,17H2,2-3H3. The number of rotatable bonds is 4. The summed E-state index contributed by atoms with van der Waals surface area (Å²) in [5.41, 5.74) is 5.80. The predicted octanol–water partition coefficient (Wildman–Crippen LogP) is 5.63. The van der Waals surface area contributed by atoms with Crippen molar-refractivity contribution in [1.29, 1.82) is 0 Å². The minimum atomic E-state index is -0.542. The first-order chi connectivity index (χ1) is 18.0. The highest BCUT2D eigenvalue weighted by Crippen LogP contribution is 2.41. The molecule has 188 valence electrons. The lowest BCUT2D eigenvalue weighted by Crippen LogP contribution is -2.31. The van der Waals surface area contributed by atoms with Crippen LogP contribution in [0.4, 0.5) is 15.8 Å². The van der Waals surface area contributed by atoms with E-state index in [1.807, 2.05) is 31.7 Å². The average Bonchev–Trinajstić information content (AvgIpc) is 3.32. The van der Waals surface area contributed by atoms with Gasteiger partial charge >= 0.3 is 0 Å². The lowest BCUT2D eigenvalue weighted by atomic mass is 9.96. The lowest BCUT2D eigenvalue weighted by molar-refractivity contribution is 0.206. The van der Waals surface area contributed by atoms with Gasteiger partial charge in [-0.2, -0.15) is 0 Å². The summed E-state index contributed by atoms with van der Waals surface area (Å²) >= 11 is 0. The molecule has 0 N–H and O–H groups in total. The van der Waals surface area contributed by atoms with Crippen LogP contribution in [0, 0.1) is 18.3 Å². The predicted molar refractivity (Wildman–Crippen MR) is 144 cm³/mol. The molecule has 6 rings (SSSR count). The molecule has 2 aliphatic heterocycles. The zero-order valence-corrected chi connectivity index (χ0v) is 21.1. The van der Waals surface area contributed by atoms with Gasteiger partial charge in [-0.25, -0.2) is 14.2 Å². The number of benzene rings is 2. The van der Waals surface area contributed by atoms with Gasteiger partial charge in [-0.15, -0.1) is 0 Å². The van der Waals surface area contributed by atoms with E-state index < -0.39 is 5.82 Å². The van der Waals surface area contributed by atoms with Crippen LogP contribution in [-0.4, -0.2) is 59.8 Å². The maximum Gasteiger partial charge on any atom is 0.222 e.